The van der Waals surface area contributed by atoms with E-state index in [1.54, 1.807) is 0 Å². The molecule has 0 unspecified atom stereocenters. The molecule has 0 heterocycles. The van der Waals surface area contributed by atoms with Crippen molar-refractivity contribution in [2.75, 3.05) is 11.0 Å². The molecular weight excluding hydrogens is 251 g/mol. The third-order valence-electron chi connectivity index (χ3n) is 1.47. The first-order valence-electron chi connectivity index (χ1n) is 4.23. The Hall–Kier alpha value is 0.430. The van der Waals surface area contributed by atoms with E-state index in [4.69, 9.17) is 5.11 Å². The summed E-state index contributed by atoms with van der Waals surface area (Å²) < 4.78 is 1.28. The smallest absolute Gasteiger partial charge is 0.0465 e. The molecule has 0 aromatic rings. The molecule has 0 aliphatic carbocycles. The number of hydrogen-bond donors (Lipinski definition) is 1. The summed E-state index contributed by atoms with van der Waals surface area (Å²) in [6, 6.07) is 0. The molecule has 0 saturated heterocycles. The van der Waals surface area contributed by atoms with Crippen molar-refractivity contribution < 1.29 is 5.11 Å². The van der Waals surface area contributed by atoms with E-state index in [2.05, 4.69) is 34.7 Å². The van der Waals surface area contributed by atoms with Gasteiger partial charge in [0.25, 0.3) is 0 Å². The maximum atomic E-state index is 8.45. The van der Waals surface area contributed by atoms with Gasteiger partial charge in [0, 0.05) is 6.61 Å². The Labute approximate surface area is 83.0 Å². The fourth-order valence-electron chi connectivity index (χ4n) is 0.844. The lowest BCUT2D eigenvalue weighted by Gasteiger charge is -1.92. The van der Waals surface area contributed by atoms with Crippen molar-refractivity contribution in [2.45, 2.75) is 32.1 Å². The number of hydrogen-bond acceptors (Lipinski definition) is 1. The van der Waals surface area contributed by atoms with E-state index in [9.17, 15) is 0 Å². The minimum absolute atomic E-state index is 0.282. The van der Waals surface area contributed by atoms with Crippen LogP contribution in [0.2, 0.25) is 0 Å². The van der Waals surface area contributed by atoms with E-state index in [0.29, 0.717) is 0 Å². The van der Waals surface area contributed by atoms with Gasteiger partial charge in [0.1, 0.15) is 0 Å². The molecule has 0 aromatic heterocycles. The molecule has 0 rings (SSSR count). The maximum Gasteiger partial charge on any atom is 0.0465 e. The molecule has 66 valence electrons. The number of aliphatic hydroxyl groups excluding tert-OH is 1. The first-order valence-corrected chi connectivity index (χ1v) is 5.76. The summed E-state index contributed by atoms with van der Waals surface area (Å²) in [5.74, 6) is 0. The molecule has 0 aliphatic rings. The highest BCUT2D eigenvalue weighted by molar-refractivity contribution is 14.1. The lowest BCUT2D eigenvalue weighted by molar-refractivity contribution is 0.302. The third-order valence-corrected chi connectivity index (χ3v) is 2.23. The maximum absolute atomic E-state index is 8.45. The van der Waals surface area contributed by atoms with E-state index >= 15 is 0 Å². The van der Waals surface area contributed by atoms with Gasteiger partial charge in [-0.15, -0.1) is 0 Å². The van der Waals surface area contributed by atoms with Crippen LogP contribution in [-0.2, 0) is 0 Å². The van der Waals surface area contributed by atoms with Gasteiger partial charge < -0.3 is 5.11 Å². The van der Waals surface area contributed by atoms with Crippen LogP contribution in [0, 0.1) is 0 Å². The van der Waals surface area contributed by atoms with Gasteiger partial charge in [-0.1, -0.05) is 41.2 Å². The fraction of sp³-hybridized carbons (Fsp3) is 0.778. The van der Waals surface area contributed by atoms with Gasteiger partial charge in [-0.2, -0.15) is 0 Å². The Morgan fingerprint density at radius 2 is 1.73 bits per heavy atom. The van der Waals surface area contributed by atoms with E-state index in [-0.39, 0.29) is 6.61 Å². The number of rotatable bonds is 7. The number of aliphatic hydroxyl groups is 1. The summed E-state index contributed by atoms with van der Waals surface area (Å²) in [6.45, 7) is 0.282. The van der Waals surface area contributed by atoms with Gasteiger partial charge in [0.05, 0.1) is 0 Å². The normalized spacial score (nSPS) is 11.1. The van der Waals surface area contributed by atoms with Gasteiger partial charge in [0.15, 0.2) is 0 Å². The second kappa shape index (κ2) is 10.4. The highest BCUT2D eigenvalue weighted by Crippen LogP contribution is 2.02. The SMILES string of the molecule is OCC/C=C\CCCCCI. The number of unbranched alkanes of at least 4 members (excludes halogenated alkanes) is 3. The van der Waals surface area contributed by atoms with Gasteiger partial charge in [-0.3, -0.25) is 0 Å². The first kappa shape index (κ1) is 11.4. The van der Waals surface area contributed by atoms with Crippen LogP contribution in [0.15, 0.2) is 12.2 Å². The fourth-order valence-corrected chi connectivity index (χ4v) is 1.38. The second-order valence-electron chi connectivity index (χ2n) is 2.52. The van der Waals surface area contributed by atoms with Crippen LogP contribution in [0.4, 0.5) is 0 Å². The quantitative estimate of drug-likeness (QED) is 0.326. The molecular formula is C9H17IO. The van der Waals surface area contributed by atoms with Crippen molar-refractivity contribution in [3.8, 4) is 0 Å². The standard InChI is InChI=1S/C9H17IO/c10-8-6-4-2-1-3-5-7-9-11/h3,5,11H,1-2,4,6-9H2/b5-3-. The number of alkyl halides is 1. The average Bonchev–Trinajstić information content (AvgIpc) is 2.03. The summed E-state index contributed by atoms with van der Waals surface area (Å²) in [5, 5.41) is 8.45. The van der Waals surface area contributed by atoms with E-state index < -0.39 is 0 Å². The zero-order valence-corrected chi connectivity index (χ0v) is 9.09. The van der Waals surface area contributed by atoms with Crippen molar-refractivity contribution in [1.29, 1.82) is 0 Å². The average molecular weight is 268 g/mol. The Kier molecular flexibility index (Phi) is 10.8. The molecule has 11 heavy (non-hydrogen) atoms. The molecule has 0 atom stereocenters. The minimum Gasteiger partial charge on any atom is -0.396 e. The molecule has 0 radical (unpaired) electrons. The van der Waals surface area contributed by atoms with E-state index in [0.717, 1.165) is 6.42 Å². The van der Waals surface area contributed by atoms with Gasteiger partial charge >= 0.3 is 0 Å². The van der Waals surface area contributed by atoms with Crippen LogP contribution in [0.5, 0.6) is 0 Å². The van der Waals surface area contributed by atoms with Crippen molar-refractivity contribution in [3.05, 3.63) is 12.2 Å². The summed E-state index contributed by atoms with van der Waals surface area (Å²) in [4.78, 5) is 0. The van der Waals surface area contributed by atoms with Crippen LogP contribution >= 0.6 is 22.6 Å². The number of halogens is 1. The molecule has 0 spiro atoms. The largest absolute Gasteiger partial charge is 0.396 e. The van der Waals surface area contributed by atoms with E-state index in [1.807, 2.05) is 0 Å². The summed E-state index contributed by atoms with van der Waals surface area (Å²) in [5.41, 5.74) is 0. The van der Waals surface area contributed by atoms with Crippen LogP contribution in [0.1, 0.15) is 32.1 Å². The second-order valence-corrected chi connectivity index (χ2v) is 3.60. The highest BCUT2D eigenvalue weighted by Gasteiger charge is 1.84. The topological polar surface area (TPSA) is 20.2 Å². The molecule has 0 amide bonds. The van der Waals surface area contributed by atoms with Crippen molar-refractivity contribution >= 4 is 22.6 Å². The molecule has 1 N–H and O–H groups in total. The monoisotopic (exact) mass is 268 g/mol. The lowest BCUT2D eigenvalue weighted by atomic mass is 10.2. The third kappa shape index (κ3) is 10.4. The molecule has 0 fully saturated rings. The zero-order chi connectivity index (χ0) is 8.36. The number of allylic oxidation sites excluding steroid dienone is 1. The van der Waals surface area contributed by atoms with Crippen molar-refractivity contribution in [3.63, 3.8) is 0 Å². The van der Waals surface area contributed by atoms with Crippen LogP contribution in [0.3, 0.4) is 0 Å². The molecule has 0 bridgehead atoms. The zero-order valence-electron chi connectivity index (χ0n) is 6.93. The molecule has 0 aromatic carbocycles. The van der Waals surface area contributed by atoms with Crippen molar-refractivity contribution in [2.24, 2.45) is 0 Å². The lowest BCUT2D eigenvalue weighted by Crippen LogP contribution is -1.77. The summed E-state index contributed by atoms with van der Waals surface area (Å²) in [7, 11) is 0. The minimum atomic E-state index is 0.282. The molecule has 2 heteroatoms. The van der Waals surface area contributed by atoms with Crippen LogP contribution in [0.25, 0.3) is 0 Å². The summed E-state index contributed by atoms with van der Waals surface area (Å²) >= 11 is 2.41. The van der Waals surface area contributed by atoms with Crippen LogP contribution in [-0.4, -0.2) is 16.1 Å². The van der Waals surface area contributed by atoms with Crippen LogP contribution < -0.4 is 0 Å². The Bertz CT molecular complexity index is 91.6. The Morgan fingerprint density at radius 3 is 2.36 bits per heavy atom. The molecule has 1 nitrogen and oxygen atoms in total. The highest BCUT2D eigenvalue weighted by atomic mass is 127. The summed E-state index contributed by atoms with van der Waals surface area (Å²) in [6.07, 6.45) is 10.2. The molecule has 0 aliphatic heterocycles. The van der Waals surface area contributed by atoms with Gasteiger partial charge in [0.2, 0.25) is 0 Å². The molecule has 0 saturated carbocycles. The van der Waals surface area contributed by atoms with Gasteiger partial charge in [-0.05, 0) is 30.1 Å². The predicted octanol–water partition coefficient (Wildman–Crippen LogP) is 2.92. The first-order chi connectivity index (χ1) is 5.41. The Balaban J connectivity index is 2.89. The van der Waals surface area contributed by atoms with E-state index in [1.165, 1.54) is 30.1 Å². The predicted molar refractivity (Wildman–Crippen MR) is 58.2 cm³/mol. The Morgan fingerprint density at radius 1 is 1.00 bits per heavy atom. The van der Waals surface area contributed by atoms with Crippen molar-refractivity contribution in [1.82, 2.24) is 0 Å². The van der Waals surface area contributed by atoms with Gasteiger partial charge in [-0.25, -0.2) is 0 Å².